The molecular weight excluding hydrogens is 869 g/mol. The molecule has 2 saturated carbocycles. The quantitative estimate of drug-likeness (QED) is 0.107. The molecule has 0 N–H and O–H groups in total. The van der Waals surface area contributed by atoms with E-state index in [-0.39, 0.29) is 67.7 Å². The molecule has 12 rings (SSSR count). The first-order valence-corrected chi connectivity index (χ1v) is 23.5. The zero-order valence-electron chi connectivity index (χ0n) is 34.9. The number of rotatable bonds is 2. The Kier molecular flexibility index (Phi) is 8.74. The number of hydrogen-bond donors (Lipinski definition) is 0. The third kappa shape index (κ3) is 5.69. The number of ether oxygens (including phenoxy) is 2. The number of thiazole rings is 2. The third-order valence-electron chi connectivity index (χ3n) is 14.2. The molecule has 12 nitrogen and oxygen atoms in total. The summed E-state index contributed by atoms with van der Waals surface area (Å²) in [4.78, 5) is 73.6. The number of benzene rings is 2. The number of carbonyl (C=O) groups excluding carboxylic acids is 4. The van der Waals surface area contributed by atoms with Crippen molar-refractivity contribution in [3.8, 4) is 12.1 Å². The number of fused-ring (bicyclic) bond motifs is 11. The Hall–Kier alpha value is -7.62. The Morgan fingerprint density at radius 3 is 1.33 bits per heavy atom. The molecule has 0 amide bonds. The number of hydrogen-bond acceptors (Lipinski definition) is 12. The van der Waals surface area contributed by atoms with E-state index in [1.54, 1.807) is 12.2 Å². The molecule has 6 aliphatic carbocycles. The highest BCUT2D eigenvalue weighted by Gasteiger charge is 2.50. The summed E-state index contributed by atoms with van der Waals surface area (Å²) in [5.41, 5.74) is 2.57. The van der Waals surface area contributed by atoms with Gasteiger partial charge < -0.3 is 9.47 Å². The number of nitrogens with zero attached hydrogens (tertiary/aromatic N) is 6. The van der Waals surface area contributed by atoms with Gasteiger partial charge in [-0.1, -0.05) is 37.1 Å². The van der Waals surface area contributed by atoms with Crippen molar-refractivity contribution in [3.05, 3.63) is 159 Å². The highest BCUT2D eigenvalue weighted by molar-refractivity contribution is 7.14. The fourth-order valence-electron chi connectivity index (χ4n) is 11.0. The number of aromatic nitrogens is 2. The summed E-state index contributed by atoms with van der Waals surface area (Å²) < 4.78 is 14.2. The summed E-state index contributed by atoms with van der Waals surface area (Å²) in [6, 6.07) is 9.24. The van der Waals surface area contributed by atoms with Gasteiger partial charge in [-0.05, 0) is 87.8 Å². The van der Waals surface area contributed by atoms with Gasteiger partial charge in [0.15, 0.2) is 45.7 Å². The van der Waals surface area contributed by atoms with E-state index in [9.17, 15) is 29.7 Å². The van der Waals surface area contributed by atoms with Crippen LogP contribution in [0.1, 0.15) is 148 Å². The van der Waals surface area contributed by atoms with E-state index in [1.165, 1.54) is 46.9 Å². The number of ketones is 4. The lowest BCUT2D eigenvalue weighted by Crippen LogP contribution is -2.38. The Balaban J connectivity index is 0.925. The summed E-state index contributed by atoms with van der Waals surface area (Å²) in [5.74, 6) is -0.680. The summed E-state index contributed by atoms with van der Waals surface area (Å²) in [7, 11) is 0. The molecule has 2 atom stereocenters. The minimum absolute atomic E-state index is 0.0343. The van der Waals surface area contributed by atoms with Gasteiger partial charge in [-0.3, -0.25) is 28.9 Å². The van der Waals surface area contributed by atoms with Crippen LogP contribution in [0.15, 0.2) is 71.2 Å². The predicted octanol–water partition coefficient (Wildman–Crippen LogP) is 11.2. The smallest absolute Gasteiger partial charge is 0.197 e. The first kappa shape index (κ1) is 39.9. The van der Waals surface area contributed by atoms with Crippen molar-refractivity contribution in [2.24, 2.45) is 11.8 Å². The van der Waals surface area contributed by atoms with E-state index >= 15 is 0 Å². The maximum atomic E-state index is 13.7. The Labute approximate surface area is 385 Å². The fourth-order valence-corrected chi connectivity index (χ4v) is 13.2. The van der Waals surface area contributed by atoms with Gasteiger partial charge in [0.2, 0.25) is 0 Å². The zero-order chi connectivity index (χ0) is 45.2. The van der Waals surface area contributed by atoms with E-state index in [2.05, 4.69) is 34.0 Å². The van der Waals surface area contributed by atoms with Gasteiger partial charge in [-0.2, -0.15) is 10.5 Å². The Morgan fingerprint density at radius 1 is 0.591 bits per heavy atom. The van der Waals surface area contributed by atoms with Crippen LogP contribution in [0.3, 0.4) is 0 Å². The minimum atomic E-state index is -0.686. The van der Waals surface area contributed by atoms with Crippen molar-refractivity contribution in [2.75, 3.05) is 0 Å². The predicted molar refractivity (Wildman–Crippen MR) is 243 cm³/mol. The molecule has 2 aliphatic heterocycles. The lowest BCUT2D eigenvalue weighted by atomic mass is 9.73. The average Bonchev–Trinajstić information content (AvgIpc) is 4.09. The van der Waals surface area contributed by atoms with Gasteiger partial charge in [0, 0.05) is 45.2 Å². The van der Waals surface area contributed by atoms with Crippen LogP contribution < -0.4 is 0 Å². The molecule has 318 valence electrons. The maximum Gasteiger partial charge on any atom is 0.197 e. The number of allylic oxidation sites excluding steroid dienone is 8. The second-order valence-electron chi connectivity index (χ2n) is 17.9. The van der Waals surface area contributed by atoms with E-state index in [4.69, 9.17) is 32.6 Å². The lowest BCUT2D eigenvalue weighted by molar-refractivity contribution is -0.0374. The van der Waals surface area contributed by atoms with Crippen LogP contribution in [0.2, 0.25) is 0 Å². The van der Waals surface area contributed by atoms with Crippen LogP contribution in [0.5, 0.6) is 0 Å². The second kappa shape index (κ2) is 14.4. The molecule has 4 heterocycles. The Bertz CT molecular complexity index is 3090. The van der Waals surface area contributed by atoms with Crippen LogP contribution in [0.4, 0.5) is 11.4 Å². The average molecular weight is 901 g/mol. The molecule has 2 spiro atoms. The highest BCUT2D eigenvalue weighted by atomic mass is 32.1. The van der Waals surface area contributed by atoms with E-state index in [0.717, 1.165) is 108 Å². The van der Waals surface area contributed by atoms with Crippen molar-refractivity contribution in [1.29, 1.82) is 10.5 Å². The molecule has 2 aromatic carbocycles. The number of carbonyl (C=O) groups is 4. The largest absolute Gasteiger partial charge is 0.481 e. The van der Waals surface area contributed by atoms with Gasteiger partial charge in [0.25, 0.3) is 0 Å². The maximum absolute atomic E-state index is 13.7. The van der Waals surface area contributed by atoms with Crippen molar-refractivity contribution in [1.82, 2.24) is 9.97 Å². The zero-order valence-corrected chi connectivity index (χ0v) is 36.6. The van der Waals surface area contributed by atoms with Gasteiger partial charge in [-0.25, -0.2) is 9.97 Å². The fraction of sp³-hybridized carbons (Fsp3) is 0.269. The molecule has 2 aromatic heterocycles. The molecular formula is C52H32N6O6S2. The van der Waals surface area contributed by atoms with Gasteiger partial charge in [-0.15, -0.1) is 22.7 Å². The van der Waals surface area contributed by atoms with Crippen LogP contribution in [0, 0.1) is 47.6 Å². The van der Waals surface area contributed by atoms with Gasteiger partial charge >= 0.3 is 0 Å². The van der Waals surface area contributed by atoms with Crippen molar-refractivity contribution in [3.63, 3.8) is 0 Å². The molecule has 0 radical (unpaired) electrons. The molecule has 66 heavy (non-hydrogen) atoms. The van der Waals surface area contributed by atoms with E-state index < -0.39 is 34.3 Å². The molecule has 2 unspecified atom stereocenters. The summed E-state index contributed by atoms with van der Waals surface area (Å²) in [5, 5.41) is 20.2. The topological polar surface area (TPSA) is 169 Å². The van der Waals surface area contributed by atoms with Crippen LogP contribution in [0.25, 0.3) is 33.0 Å². The SMILES string of the molecule is [C-]#[N+]c1cc2c(cc1[N+]#[C-])C(=O)C(=Cc1nc3c(s1)C1=CC4C=C5OC6(CCCCC6)c6nc(C=C7C(=O)c8cc(C#N)c(C#N)cc8C7=O)sc6C5=CC4C=C1OC31CCCCC1)C2=O. The van der Waals surface area contributed by atoms with Crippen LogP contribution in [-0.4, -0.2) is 33.1 Å². The van der Waals surface area contributed by atoms with Crippen LogP contribution in [-0.2, 0) is 20.7 Å². The summed E-state index contributed by atoms with van der Waals surface area (Å²) in [6.45, 7) is 15.0. The van der Waals surface area contributed by atoms with Gasteiger partial charge in [0.05, 0.1) is 45.2 Å². The monoisotopic (exact) mass is 900 g/mol. The summed E-state index contributed by atoms with van der Waals surface area (Å²) >= 11 is 2.85. The third-order valence-corrected chi connectivity index (χ3v) is 16.3. The molecule has 2 fully saturated rings. The summed E-state index contributed by atoms with van der Waals surface area (Å²) in [6.07, 6.45) is 20.9. The van der Waals surface area contributed by atoms with E-state index in [1.807, 2.05) is 12.1 Å². The highest BCUT2D eigenvalue weighted by Crippen LogP contribution is 2.58. The minimum Gasteiger partial charge on any atom is -0.481 e. The van der Waals surface area contributed by atoms with Crippen molar-refractivity contribution in [2.45, 2.75) is 75.4 Å². The molecule has 14 heteroatoms. The van der Waals surface area contributed by atoms with Crippen LogP contribution >= 0.6 is 22.7 Å². The number of Topliss-reactive ketones (excluding diaryl/α,β-unsaturated/α-hetero) is 4. The second-order valence-corrected chi connectivity index (χ2v) is 19.9. The Morgan fingerprint density at radius 2 is 0.970 bits per heavy atom. The van der Waals surface area contributed by atoms with Crippen molar-refractivity contribution >= 4 is 80.5 Å². The first-order valence-electron chi connectivity index (χ1n) is 21.9. The lowest BCUT2D eigenvalue weighted by Gasteiger charge is -2.45. The normalized spacial score (nSPS) is 22.2. The molecule has 4 aromatic rings. The molecule has 0 bridgehead atoms. The van der Waals surface area contributed by atoms with Gasteiger partial charge in [0.1, 0.15) is 45.1 Å². The molecule has 8 aliphatic rings. The van der Waals surface area contributed by atoms with Crippen molar-refractivity contribution < 1.29 is 28.7 Å². The number of nitriles is 2. The first-order chi connectivity index (χ1) is 32.1. The van der Waals surface area contributed by atoms with E-state index in [0.29, 0.717) is 10.0 Å². The standard InChI is InChI=1S/C52H32N6O6S2/c1-55-37-19-31-32(20-38(37)56-2)46(62)36(45(31)61)22-42-58-50-48(66-42)34-14-26-17-39-33(13-25(26)18-40(34)64-52(50)11-7-4-8-12-52)47-49(51(63-39)9-5-3-6-10-51)57-41(65-47)21-35-43(59)29-15-27(23-53)28(24-54)16-30(29)44(35)60/h13-22,25-26H,3-12H2. The molecule has 0 saturated heterocycles.